The second-order valence-corrected chi connectivity index (χ2v) is 7.76. The Morgan fingerprint density at radius 2 is 1.70 bits per heavy atom. The Morgan fingerprint density at radius 1 is 0.870 bits per heavy atom. The van der Waals surface area contributed by atoms with Crippen LogP contribution >= 0.6 is 0 Å². The van der Waals surface area contributed by atoms with Crippen molar-refractivity contribution in [3.8, 4) is 0 Å². The zero-order chi connectivity index (χ0) is 15.8. The Balaban J connectivity index is 1.46. The summed E-state index contributed by atoms with van der Waals surface area (Å²) in [6.45, 7) is 3.36. The molecular formula is C18H28N2O3. The molecule has 0 aromatic heterocycles. The van der Waals surface area contributed by atoms with Crippen LogP contribution in [0.1, 0.15) is 44.9 Å². The smallest absolute Gasteiger partial charge is 0.245 e. The first-order chi connectivity index (χ1) is 11.2. The number of carbonyl (C=O) groups is 2. The Morgan fingerprint density at radius 3 is 2.39 bits per heavy atom. The first-order valence-electron chi connectivity index (χ1n) is 9.41. The minimum Gasteiger partial charge on any atom is -0.378 e. The molecule has 2 saturated carbocycles. The van der Waals surface area contributed by atoms with Gasteiger partial charge in [-0.15, -0.1) is 0 Å². The van der Waals surface area contributed by atoms with Crippen LogP contribution in [0.5, 0.6) is 0 Å². The van der Waals surface area contributed by atoms with Gasteiger partial charge in [0.15, 0.2) is 0 Å². The fraction of sp³-hybridized carbons (Fsp3) is 0.889. The van der Waals surface area contributed by atoms with E-state index in [0.717, 1.165) is 38.1 Å². The Kier molecular flexibility index (Phi) is 4.31. The maximum absolute atomic E-state index is 13.1. The summed E-state index contributed by atoms with van der Waals surface area (Å²) < 4.78 is 5.35. The van der Waals surface area contributed by atoms with E-state index in [0.29, 0.717) is 32.2 Å². The molecule has 23 heavy (non-hydrogen) atoms. The minimum atomic E-state index is -0.214. The van der Waals surface area contributed by atoms with E-state index in [1.807, 2.05) is 9.80 Å². The van der Waals surface area contributed by atoms with Gasteiger partial charge < -0.3 is 14.5 Å². The molecule has 4 fully saturated rings. The lowest BCUT2D eigenvalue weighted by Gasteiger charge is -2.40. The summed E-state index contributed by atoms with van der Waals surface area (Å²) in [5.41, 5.74) is 0. The van der Waals surface area contributed by atoms with Crippen LogP contribution in [0.2, 0.25) is 0 Å². The number of hydrogen-bond acceptors (Lipinski definition) is 3. The predicted octanol–water partition coefficient (Wildman–Crippen LogP) is 1.66. The van der Waals surface area contributed by atoms with E-state index in [4.69, 9.17) is 4.74 Å². The second kappa shape index (κ2) is 6.42. The molecule has 0 spiro atoms. The van der Waals surface area contributed by atoms with Gasteiger partial charge in [0.2, 0.25) is 11.8 Å². The van der Waals surface area contributed by atoms with Crippen LogP contribution in [0, 0.1) is 17.8 Å². The summed E-state index contributed by atoms with van der Waals surface area (Å²) in [7, 11) is 0. The lowest BCUT2D eigenvalue weighted by molar-refractivity contribution is -0.153. The molecule has 5 heteroatoms. The highest BCUT2D eigenvalue weighted by Gasteiger charge is 2.46. The van der Waals surface area contributed by atoms with Gasteiger partial charge in [0.25, 0.3) is 0 Å². The quantitative estimate of drug-likeness (QED) is 0.777. The van der Waals surface area contributed by atoms with Crippen molar-refractivity contribution < 1.29 is 14.3 Å². The van der Waals surface area contributed by atoms with Crippen molar-refractivity contribution in [3.05, 3.63) is 0 Å². The molecule has 0 aromatic rings. The largest absolute Gasteiger partial charge is 0.378 e. The van der Waals surface area contributed by atoms with Crippen LogP contribution in [-0.4, -0.2) is 60.5 Å². The molecule has 2 aliphatic carbocycles. The number of nitrogens with zero attached hydrogens (tertiary/aromatic N) is 2. The van der Waals surface area contributed by atoms with E-state index < -0.39 is 0 Å². The number of amides is 2. The van der Waals surface area contributed by atoms with E-state index in [1.54, 1.807) is 0 Å². The fourth-order valence-electron chi connectivity index (χ4n) is 5.21. The first-order valence-corrected chi connectivity index (χ1v) is 9.41. The summed E-state index contributed by atoms with van der Waals surface area (Å²) in [5.74, 6) is 2.00. The number of ether oxygens (including phenoxy) is 1. The third-order valence-electron chi connectivity index (χ3n) is 6.45. The fourth-order valence-corrected chi connectivity index (χ4v) is 5.21. The molecule has 2 heterocycles. The number of carbonyl (C=O) groups excluding carboxylic acids is 2. The number of rotatable bonds is 2. The van der Waals surface area contributed by atoms with Gasteiger partial charge in [-0.1, -0.05) is 6.42 Å². The molecule has 2 amide bonds. The Labute approximate surface area is 138 Å². The number of piperidine rings is 1. The molecular weight excluding hydrogens is 292 g/mol. The number of likely N-dealkylation sites (tertiary alicyclic amines) is 1. The van der Waals surface area contributed by atoms with Gasteiger partial charge in [-0.3, -0.25) is 9.59 Å². The normalized spacial score (nSPS) is 37.2. The maximum Gasteiger partial charge on any atom is 0.245 e. The Bertz CT molecular complexity index is 475. The van der Waals surface area contributed by atoms with E-state index in [2.05, 4.69) is 0 Å². The molecule has 4 aliphatic rings. The van der Waals surface area contributed by atoms with Gasteiger partial charge >= 0.3 is 0 Å². The third kappa shape index (κ3) is 2.88. The van der Waals surface area contributed by atoms with Gasteiger partial charge in [-0.05, 0) is 50.4 Å². The van der Waals surface area contributed by atoms with Crippen molar-refractivity contribution >= 4 is 11.8 Å². The number of morpholine rings is 1. The monoisotopic (exact) mass is 320 g/mol. The SMILES string of the molecule is O=C([C@@H]1CCCCN1C(=O)[C@H]1C[C@H]2CC[C@H]1C2)N1CCOCC1. The van der Waals surface area contributed by atoms with Crippen LogP contribution in [0.4, 0.5) is 0 Å². The number of hydrogen-bond donors (Lipinski definition) is 0. The zero-order valence-corrected chi connectivity index (χ0v) is 13.9. The van der Waals surface area contributed by atoms with E-state index in [9.17, 15) is 9.59 Å². The molecule has 0 aromatic carbocycles. The first kappa shape index (κ1) is 15.4. The lowest BCUT2D eigenvalue weighted by atomic mass is 9.86. The van der Waals surface area contributed by atoms with Gasteiger partial charge in [-0.25, -0.2) is 0 Å². The van der Waals surface area contributed by atoms with Gasteiger partial charge in [0.05, 0.1) is 13.2 Å². The standard InChI is InChI=1S/C18H28N2O3/c21-17(15-12-13-4-5-14(15)11-13)20-6-2-1-3-16(20)18(22)19-7-9-23-10-8-19/h13-16H,1-12H2/t13-,14-,15-,16-/m0/s1. The molecule has 2 bridgehead atoms. The Hall–Kier alpha value is -1.10. The van der Waals surface area contributed by atoms with E-state index >= 15 is 0 Å². The third-order valence-corrected chi connectivity index (χ3v) is 6.45. The second-order valence-electron chi connectivity index (χ2n) is 7.76. The molecule has 2 aliphatic heterocycles. The zero-order valence-electron chi connectivity index (χ0n) is 13.9. The van der Waals surface area contributed by atoms with Crippen molar-refractivity contribution in [2.24, 2.45) is 17.8 Å². The van der Waals surface area contributed by atoms with Crippen molar-refractivity contribution in [1.82, 2.24) is 9.80 Å². The maximum atomic E-state index is 13.1. The molecule has 0 N–H and O–H groups in total. The summed E-state index contributed by atoms with van der Waals surface area (Å²) in [6.07, 6.45) is 7.77. The van der Waals surface area contributed by atoms with E-state index in [1.165, 1.54) is 19.3 Å². The highest BCUT2D eigenvalue weighted by molar-refractivity contribution is 5.89. The molecule has 2 saturated heterocycles. The average molecular weight is 320 g/mol. The van der Waals surface area contributed by atoms with E-state index in [-0.39, 0.29) is 23.8 Å². The highest BCUT2D eigenvalue weighted by atomic mass is 16.5. The molecule has 0 unspecified atom stereocenters. The molecule has 0 radical (unpaired) electrons. The summed E-state index contributed by atoms with van der Waals surface area (Å²) in [6, 6.07) is -0.214. The minimum absolute atomic E-state index is 0.157. The summed E-state index contributed by atoms with van der Waals surface area (Å²) in [4.78, 5) is 29.9. The van der Waals surface area contributed by atoms with Crippen molar-refractivity contribution in [3.63, 3.8) is 0 Å². The van der Waals surface area contributed by atoms with Crippen molar-refractivity contribution in [1.29, 1.82) is 0 Å². The van der Waals surface area contributed by atoms with Crippen LogP contribution in [0.3, 0.4) is 0 Å². The van der Waals surface area contributed by atoms with Crippen LogP contribution in [0.25, 0.3) is 0 Å². The predicted molar refractivity (Wildman–Crippen MR) is 85.7 cm³/mol. The topological polar surface area (TPSA) is 49.9 Å². The highest BCUT2D eigenvalue weighted by Crippen LogP contribution is 2.49. The number of fused-ring (bicyclic) bond motifs is 2. The van der Waals surface area contributed by atoms with Crippen LogP contribution in [-0.2, 0) is 14.3 Å². The average Bonchev–Trinajstić information content (AvgIpc) is 3.24. The molecule has 4 rings (SSSR count). The van der Waals surface area contributed by atoms with Crippen molar-refractivity contribution in [2.45, 2.75) is 51.0 Å². The molecule has 4 atom stereocenters. The van der Waals surface area contributed by atoms with Crippen LogP contribution in [0.15, 0.2) is 0 Å². The van der Waals surface area contributed by atoms with Crippen molar-refractivity contribution in [2.75, 3.05) is 32.8 Å². The summed E-state index contributed by atoms with van der Waals surface area (Å²) in [5, 5.41) is 0. The summed E-state index contributed by atoms with van der Waals surface area (Å²) >= 11 is 0. The van der Waals surface area contributed by atoms with Gasteiger partial charge in [0, 0.05) is 25.6 Å². The molecule has 128 valence electrons. The van der Waals surface area contributed by atoms with Crippen LogP contribution < -0.4 is 0 Å². The lowest BCUT2D eigenvalue weighted by Crippen LogP contribution is -2.56. The molecule has 5 nitrogen and oxygen atoms in total. The van der Waals surface area contributed by atoms with Gasteiger partial charge in [-0.2, -0.15) is 0 Å². The van der Waals surface area contributed by atoms with Gasteiger partial charge in [0.1, 0.15) is 6.04 Å².